The molecule has 1 nitrogen and oxygen atoms in total. The molecule has 0 aliphatic rings. The maximum atomic E-state index is 5.89. The van der Waals surface area contributed by atoms with E-state index in [0.717, 1.165) is 16.8 Å². The molecule has 0 radical (unpaired) electrons. The number of benzene rings is 1. The summed E-state index contributed by atoms with van der Waals surface area (Å²) in [5.74, 6) is 0. The molecule has 0 fully saturated rings. The van der Waals surface area contributed by atoms with E-state index in [1.165, 1.54) is 0 Å². The Balaban J connectivity index is 3.16. The standard InChI is InChI=1S/C14H15N/c1-3-5-9-12(8-4-2)13-10-6-7-11-14(13)15/h3-11H,1-2,15H2/b9-5-,12-8+. The first kappa shape index (κ1) is 11.1. The molecule has 0 atom stereocenters. The van der Waals surface area contributed by atoms with Crippen molar-refractivity contribution in [2.45, 2.75) is 0 Å². The summed E-state index contributed by atoms with van der Waals surface area (Å²) in [6.45, 7) is 7.32. The first-order valence-electron chi connectivity index (χ1n) is 4.76. The Morgan fingerprint density at radius 3 is 2.47 bits per heavy atom. The van der Waals surface area contributed by atoms with Crippen LogP contribution in [0.5, 0.6) is 0 Å². The van der Waals surface area contributed by atoms with E-state index in [4.69, 9.17) is 5.73 Å². The second-order valence-corrected chi connectivity index (χ2v) is 3.04. The molecule has 0 aliphatic carbocycles. The van der Waals surface area contributed by atoms with Crippen LogP contribution >= 0.6 is 0 Å². The van der Waals surface area contributed by atoms with Crippen LogP contribution in [0, 0.1) is 0 Å². The lowest BCUT2D eigenvalue weighted by atomic mass is 10.0. The van der Waals surface area contributed by atoms with E-state index in [1.54, 1.807) is 12.2 Å². The summed E-state index contributed by atoms with van der Waals surface area (Å²) < 4.78 is 0. The highest BCUT2D eigenvalue weighted by molar-refractivity contribution is 5.82. The first-order valence-corrected chi connectivity index (χ1v) is 4.76. The van der Waals surface area contributed by atoms with Gasteiger partial charge in [0.05, 0.1) is 0 Å². The number of hydrogen-bond acceptors (Lipinski definition) is 1. The third-order valence-corrected chi connectivity index (χ3v) is 1.98. The van der Waals surface area contributed by atoms with Crippen LogP contribution in [0.3, 0.4) is 0 Å². The molecule has 0 amide bonds. The molecule has 0 unspecified atom stereocenters. The van der Waals surface area contributed by atoms with Crippen molar-refractivity contribution in [3.63, 3.8) is 0 Å². The van der Waals surface area contributed by atoms with Crippen molar-refractivity contribution in [2.24, 2.45) is 0 Å². The van der Waals surface area contributed by atoms with Gasteiger partial charge in [-0.1, -0.05) is 61.7 Å². The third-order valence-electron chi connectivity index (χ3n) is 1.98. The summed E-state index contributed by atoms with van der Waals surface area (Å²) in [5, 5.41) is 0. The summed E-state index contributed by atoms with van der Waals surface area (Å²) in [7, 11) is 0. The summed E-state index contributed by atoms with van der Waals surface area (Å²) >= 11 is 0. The SMILES string of the molecule is C=C/C=C\C(=C/C=C)c1ccccc1N. The van der Waals surface area contributed by atoms with E-state index >= 15 is 0 Å². The second-order valence-electron chi connectivity index (χ2n) is 3.04. The van der Waals surface area contributed by atoms with Crippen molar-refractivity contribution < 1.29 is 0 Å². The Morgan fingerprint density at radius 1 is 1.13 bits per heavy atom. The highest BCUT2D eigenvalue weighted by Crippen LogP contribution is 2.22. The number of rotatable bonds is 4. The molecule has 0 saturated heterocycles. The van der Waals surface area contributed by atoms with Crippen molar-refractivity contribution in [3.8, 4) is 0 Å². The van der Waals surface area contributed by atoms with E-state index in [0.29, 0.717) is 0 Å². The van der Waals surface area contributed by atoms with Gasteiger partial charge in [-0.25, -0.2) is 0 Å². The molecule has 2 N–H and O–H groups in total. The van der Waals surface area contributed by atoms with Crippen molar-refractivity contribution in [1.82, 2.24) is 0 Å². The quantitative estimate of drug-likeness (QED) is 0.579. The Bertz CT molecular complexity index is 411. The van der Waals surface area contributed by atoms with Gasteiger partial charge < -0.3 is 5.73 Å². The monoisotopic (exact) mass is 197 g/mol. The molecule has 1 aromatic rings. The molecule has 15 heavy (non-hydrogen) atoms. The first-order chi connectivity index (χ1) is 7.29. The third kappa shape index (κ3) is 2.99. The Kier molecular flexibility index (Phi) is 4.17. The number of para-hydroxylation sites is 1. The summed E-state index contributed by atoms with van der Waals surface area (Å²) in [6.07, 6.45) is 9.24. The van der Waals surface area contributed by atoms with Gasteiger partial charge in [-0.15, -0.1) is 0 Å². The largest absolute Gasteiger partial charge is 0.398 e. The molecular formula is C14H15N. The number of nitrogens with two attached hydrogens (primary N) is 1. The van der Waals surface area contributed by atoms with E-state index in [9.17, 15) is 0 Å². The fourth-order valence-corrected chi connectivity index (χ4v) is 1.29. The molecule has 0 spiro atoms. The normalized spacial score (nSPS) is 11.6. The van der Waals surface area contributed by atoms with Gasteiger partial charge >= 0.3 is 0 Å². The lowest BCUT2D eigenvalue weighted by molar-refractivity contribution is 1.60. The van der Waals surface area contributed by atoms with Crippen LogP contribution in [0.4, 0.5) is 5.69 Å². The minimum atomic E-state index is 0.763. The second kappa shape index (κ2) is 5.66. The van der Waals surface area contributed by atoms with Gasteiger partial charge in [0.15, 0.2) is 0 Å². The van der Waals surface area contributed by atoms with Crippen molar-refractivity contribution in [3.05, 3.63) is 73.4 Å². The fraction of sp³-hybridized carbons (Fsp3) is 0. The minimum absolute atomic E-state index is 0.763. The molecule has 0 aliphatic heterocycles. The molecule has 0 saturated carbocycles. The van der Waals surface area contributed by atoms with E-state index in [-0.39, 0.29) is 0 Å². The molecular weight excluding hydrogens is 182 g/mol. The van der Waals surface area contributed by atoms with Crippen molar-refractivity contribution in [2.75, 3.05) is 5.73 Å². The van der Waals surface area contributed by atoms with Crippen molar-refractivity contribution >= 4 is 11.3 Å². The summed E-state index contributed by atoms with van der Waals surface area (Å²) in [4.78, 5) is 0. The Morgan fingerprint density at radius 2 is 1.87 bits per heavy atom. The smallest absolute Gasteiger partial charge is 0.0393 e. The van der Waals surface area contributed by atoms with Gasteiger partial charge in [-0.2, -0.15) is 0 Å². The number of hydrogen-bond donors (Lipinski definition) is 1. The molecule has 0 bridgehead atoms. The highest BCUT2D eigenvalue weighted by atomic mass is 14.6. The van der Waals surface area contributed by atoms with Crippen LogP contribution in [0.1, 0.15) is 5.56 Å². The predicted octanol–water partition coefficient (Wildman–Crippen LogP) is 3.58. The van der Waals surface area contributed by atoms with Crippen molar-refractivity contribution in [1.29, 1.82) is 0 Å². The predicted molar refractivity (Wildman–Crippen MR) is 68.4 cm³/mol. The highest BCUT2D eigenvalue weighted by Gasteiger charge is 1.99. The summed E-state index contributed by atoms with van der Waals surface area (Å²) in [6, 6.07) is 7.75. The zero-order valence-corrected chi connectivity index (χ0v) is 8.69. The van der Waals surface area contributed by atoms with Gasteiger partial charge in [0.2, 0.25) is 0 Å². The van der Waals surface area contributed by atoms with E-state index < -0.39 is 0 Å². The average Bonchev–Trinajstić information content (AvgIpc) is 2.25. The fourth-order valence-electron chi connectivity index (χ4n) is 1.29. The zero-order valence-electron chi connectivity index (χ0n) is 8.69. The van der Waals surface area contributed by atoms with Gasteiger partial charge in [0.25, 0.3) is 0 Å². The minimum Gasteiger partial charge on any atom is -0.398 e. The van der Waals surface area contributed by atoms with Gasteiger partial charge in [-0.05, 0) is 11.6 Å². The Labute approximate surface area is 90.9 Å². The Hall–Kier alpha value is -2.02. The van der Waals surface area contributed by atoms with E-state index in [2.05, 4.69) is 13.2 Å². The molecule has 0 heterocycles. The summed E-state index contributed by atoms with van der Waals surface area (Å²) in [5.41, 5.74) is 8.69. The van der Waals surface area contributed by atoms with Crippen LogP contribution in [0.25, 0.3) is 5.57 Å². The van der Waals surface area contributed by atoms with Crippen LogP contribution in [0.2, 0.25) is 0 Å². The average molecular weight is 197 g/mol. The van der Waals surface area contributed by atoms with Gasteiger partial charge in [0, 0.05) is 11.3 Å². The molecule has 1 rings (SSSR count). The van der Waals surface area contributed by atoms with Crippen LogP contribution in [-0.4, -0.2) is 0 Å². The lowest BCUT2D eigenvalue weighted by Crippen LogP contribution is -1.91. The van der Waals surface area contributed by atoms with E-state index in [1.807, 2.05) is 42.5 Å². The molecule has 1 heteroatoms. The molecule has 76 valence electrons. The van der Waals surface area contributed by atoms with Gasteiger partial charge in [-0.3, -0.25) is 0 Å². The molecule has 1 aromatic carbocycles. The topological polar surface area (TPSA) is 26.0 Å². The number of allylic oxidation sites excluding steroid dienone is 6. The van der Waals surface area contributed by atoms with Crippen LogP contribution in [-0.2, 0) is 0 Å². The zero-order chi connectivity index (χ0) is 11.1. The maximum absolute atomic E-state index is 5.89. The lowest BCUT2D eigenvalue weighted by Gasteiger charge is -2.05. The van der Waals surface area contributed by atoms with Gasteiger partial charge in [0.1, 0.15) is 0 Å². The van der Waals surface area contributed by atoms with Crippen LogP contribution in [0.15, 0.2) is 67.8 Å². The maximum Gasteiger partial charge on any atom is 0.0393 e. The number of anilines is 1. The molecule has 0 aromatic heterocycles. The number of nitrogen functional groups attached to an aromatic ring is 1. The van der Waals surface area contributed by atoms with Crippen LogP contribution < -0.4 is 5.73 Å².